The van der Waals surface area contributed by atoms with Crippen LogP contribution < -0.4 is 5.73 Å². The van der Waals surface area contributed by atoms with Crippen molar-refractivity contribution in [1.29, 1.82) is 0 Å². The standard InChI is InChI=1S/C15H26N2O2/c1-13(15(16)14-7-5-4-6-8-14)17(9-11-18-2)10-12-19-3/h4-8,13,15H,9-12,16H2,1-3H3. The Labute approximate surface area is 116 Å². The van der Waals surface area contributed by atoms with Crippen molar-refractivity contribution in [2.45, 2.75) is 19.0 Å². The first-order chi connectivity index (χ1) is 9.20. The fourth-order valence-corrected chi connectivity index (χ4v) is 2.12. The zero-order valence-corrected chi connectivity index (χ0v) is 12.2. The van der Waals surface area contributed by atoms with Gasteiger partial charge in [0.15, 0.2) is 0 Å². The molecule has 0 spiro atoms. The monoisotopic (exact) mass is 266 g/mol. The lowest BCUT2D eigenvalue weighted by Crippen LogP contribution is -2.44. The summed E-state index contributed by atoms with van der Waals surface area (Å²) in [6.07, 6.45) is 0. The van der Waals surface area contributed by atoms with Crippen molar-refractivity contribution in [1.82, 2.24) is 4.90 Å². The molecule has 2 atom stereocenters. The van der Waals surface area contributed by atoms with Gasteiger partial charge in [-0.15, -0.1) is 0 Å². The fourth-order valence-electron chi connectivity index (χ4n) is 2.12. The molecule has 0 saturated carbocycles. The van der Waals surface area contributed by atoms with Gasteiger partial charge >= 0.3 is 0 Å². The lowest BCUT2D eigenvalue weighted by atomic mass is 10.0. The van der Waals surface area contributed by atoms with E-state index in [0.29, 0.717) is 13.2 Å². The second kappa shape index (κ2) is 9.04. The van der Waals surface area contributed by atoms with Gasteiger partial charge in [0.2, 0.25) is 0 Å². The number of methoxy groups -OCH3 is 2. The van der Waals surface area contributed by atoms with Crippen LogP contribution in [0.5, 0.6) is 0 Å². The Morgan fingerprint density at radius 2 is 1.58 bits per heavy atom. The van der Waals surface area contributed by atoms with E-state index in [0.717, 1.165) is 18.7 Å². The van der Waals surface area contributed by atoms with Crippen molar-refractivity contribution < 1.29 is 9.47 Å². The van der Waals surface area contributed by atoms with Crippen LogP contribution in [-0.2, 0) is 9.47 Å². The van der Waals surface area contributed by atoms with Crippen LogP contribution in [0.1, 0.15) is 18.5 Å². The molecule has 0 amide bonds. The lowest BCUT2D eigenvalue weighted by molar-refractivity contribution is 0.0841. The Morgan fingerprint density at radius 3 is 2.05 bits per heavy atom. The normalized spacial score (nSPS) is 14.6. The van der Waals surface area contributed by atoms with Crippen molar-refractivity contribution in [2.24, 2.45) is 5.73 Å². The Hall–Kier alpha value is -0.940. The summed E-state index contributed by atoms with van der Waals surface area (Å²) in [5.74, 6) is 0. The Bertz CT molecular complexity index is 324. The minimum atomic E-state index is -0.00471. The molecule has 4 nitrogen and oxygen atoms in total. The Balaban J connectivity index is 2.65. The first kappa shape index (κ1) is 16.1. The quantitative estimate of drug-likeness (QED) is 0.738. The second-order valence-corrected chi connectivity index (χ2v) is 4.70. The van der Waals surface area contributed by atoms with E-state index in [-0.39, 0.29) is 12.1 Å². The average Bonchev–Trinajstić information content (AvgIpc) is 2.47. The zero-order valence-electron chi connectivity index (χ0n) is 12.2. The van der Waals surface area contributed by atoms with Gasteiger partial charge in [0, 0.05) is 39.4 Å². The van der Waals surface area contributed by atoms with Crippen LogP contribution in [0.3, 0.4) is 0 Å². The van der Waals surface area contributed by atoms with Gasteiger partial charge in [-0.05, 0) is 12.5 Å². The van der Waals surface area contributed by atoms with E-state index in [9.17, 15) is 0 Å². The van der Waals surface area contributed by atoms with Crippen molar-refractivity contribution in [3.8, 4) is 0 Å². The zero-order chi connectivity index (χ0) is 14.1. The third-order valence-electron chi connectivity index (χ3n) is 3.45. The summed E-state index contributed by atoms with van der Waals surface area (Å²) < 4.78 is 10.3. The third kappa shape index (κ3) is 5.28. The highest BCUT2D eigenvalue weighted by Gasteiger charge is 2.21. The molecule has 0 aliphatic rings. The SMILES string of the molecule is COCCN(CCOC)C(C)C(N)c1ccccc1. The van der Waals surface area contributed by atoms with Gasteiger partial charge in [0.05, 0.1) is 13.2 Å². The van der Waals surface area contributed by atoms with E-state index in [1.807, 2.05) is 18.2 Å². The molecule has 19 heavy (non-hydrogen) atoms. The highest BCUT2D eigenvalue weighted by molar-refractivity contribution is 5.19. The molecule has 0 fully saturated rings. The molecule has 0 radical (unpaired) electrons. The van der Waals surface area contributed by atoms with E-state index in [1.54, 1.807) is 14.2 Å². The van der Waals surface area contributed by atoms with Crippen LogP contribution >= 0.6 is 0 Å². The van der Waals surface area contributed by atoms with Gasteiger partial charge in [0.1, 0.15) is 0 Å². The molecule has 0 aliphatic heterocycles. The van der Waals surface area contributed by atoms with Crippen molar-refractivity contribution in [3.05, 3.63) is 35.9 Å². The first-order valence-electron chi connectivity index (χ1n) is 6.73. The Kier molecular flexibility index (Phi) is 7.67. The van der Waals surface area contributed by atoms with Crippen LogP contribution in [0.2, 0.25) is 0 Å². The van der Waals surface area contributed by atoms with E-state index in [2.05, 4.69) is 24.0 Å². The minimum absolute atomic E-state index is 0.00471. The van der Waals surface area contributed by atoms with E-state index >= 15 is 0 Å². The minimum Gasteiger partial charge on any atom is -0.383 e. The first-order valence-corrected chi connectivity index (χ1v) is 6.73. The van der Waals surface area contributed by atoms with Crippen molar-refractivity contribution >= 4 is 0 Å². The summed E-state index contributed by atoms with van der Waals surface area (Å²) in [5.41, 5.74) is 7.52. The van der Waals surface area contributed by atoms with Gasteiger partial charge in [-0.1, -0.05) is 30.3 Å². The molecule has 0 heterocycles. The van der Waals surface area contributed by atoms with Crippen LogP contribution in [0.4, 0.5) is 0 Å². The summed E-state index contributed by atoms with van der Waals surface area (Å²) >= 11 is 0. The van der Waals surface area contributed by atoms with Gasteiger partial charge in [-0.25, -0.2) is 0 Å². The largest absolute Gasteiger partial charge is 0.383 e. The molecule has 1 aromatic rings. The van der Waals surface area contributed by atoms with Gasteiger partial charge in [-0.3, -0.25) is 4.90 Å². The topological polar surface area (TPSA) is 47.7 Å². The molecule has 108 valence electrons. The maximum absolute atomic E-state index is 6.36. The summed E-state index contributed by atoms with van der Waals surface area (Å²) in [6.45, 7) is 5.29. The predicted octanol–water partition coefficient (Wildman–Crippen LogP) is 1.67. The summed E-state index contributed by atoms with van der Waals surface area (Å²) in [5, 5.41) is 0. The molecule has 1 rings (SSSR count). The molecule has 2 N–H and O–H groups in total. The number of ether oxygens (including phenoxy) is 2. The molecule has 0 aromatic heterocycles. The van der Waals surface area contributed by atoms with E-state index < -0.39 is 0 Å². The van der Waals surface area contributed by atoms with Crippen molar-refractivity contribution in [3.63, 3.8) is 0 Å². The average molecular weight is 266 g/mol. The molecule has 4 heteroatoms. The van der Waals surface area contributed by atoms with Crippen LogP contribution in [0.25, 0.3) is 0 Å². The number of hydrogen-bond donors (Lipinski definition) is 1. The molecule has 0 bridgehead atoms. The number of nitrogens with two attached hydrogens (primary N) is 1. The fraction of sp³-hybridized carbons (Fsp3) is 0.600. The second-order valence-electron chi connectivity index (χ2n) is 4.70. The summed E-state index contributed by atoms with van der Waals surface area (Å²) in [7, 11) is 3.44. The number of nitrogens with zero attached hydrogens (tertiary/aromatic N) is 1. The highest BCUT2D eigenvalue weighted by atomic mass is 16.5. The van der Waals surface area contributed by atoms with Crippen LogP contribution in [0.15, 0.2) is 30.3 Å². The molecule has 0 aliphatic carbocycles. The third-order valence-corrected chi connectivity index (χ3v) is 3.45. The smallest absolute Gasteiger partial charge is 0.0589 e. The molecule has 2 unspecified atom stereocenters. The molecular weight excluding hydrogens is 240 g/mol. The maximum Gasteiger partial charge on any atom is 0.0589 e. The summed E-state index contributed by atoms with van der Waals surface area (Å²) in [4.78, 5) is 2.31. The van der Waals surface area contributed by atoms with E-state index in [1.165, 1.54) is 0 Å². The van der Waals surface area contributed by atoms with Gasteiger partial charge in [-0.2, -0.15) is 0 Å². The Morgan fingerprint density at radius 1 is 1.05 bits per heavy atom. The molecular formula is C15H26N2O2. The van der Waals surface area contributed by atoms with E-state index in [4.69, 9.17) is 15.2 Å². The van der Waals surface area contributed by atoms with Crippen LogP contribution in [0, 0.1) is 0 Å². The number of rotatable bonds is 9. The maximum atomic E-state index is 6.36. The highest BCUT2D eigenvalue weighted by Crippen LogP contribution is 2.18. The van der Waals surface area contributed by atoms with Gasteiger partial charge in [0.25, 0.3) is 0 Å². The van der Waals surface area contributed by atoms with Gasteiger partial charge < -0.3 is 15.2 Å². The lowest BCUT2D eigenvalue weighted by Gasteiger charge is -2.33. The number of hydrogen-bond acceptors (Lipinski definition) is 4. The summed E-state index contributed by atoms with van der Waals surface area (Å²) in [6, 6.07) is 10.4. The van der Waals surface area contributed by atoms with Crippen molar-refractivity contribution in [2.75, 3.05) is 40.5 Å². The number of benzene rings is 1. The predicted molar refractivity (Wildman–Crippen MR) is 78.2 cm³/mol. The van der Waals surface area contributed by atoms with Crippen LogP contribution in [-0.4, -0.2) is 51.5 Å². The molecule has 1 aromatic carbocycles. The molecule has 0 saturated heterocycles.